The van der Waals surface area contributed by atoms with Gasteiger partial charge in [-0.05, 0) is 24.6 Å². The van der Waals surface area contributed by atoms with Crippen molar-refractivity contribution in [3.63, 3.8) is 0 Å². The van der Waals surface area contributed by atoms with Gasteiger partial charge < -0.3 is 15.2 Å². The number of benzodiazepines with no additional fused rings is 1. The van der Waals surface area contributed by atoms with Crippen molar-refractivity contribution in [3.05, 3.63) is 102 Å². The van der Waals surface area contributed by atoms with E-state index in [4.69, 9.17) is 4.99 Å². The first-order chi connectivity index (χ1) is 16.7. The summed E-state index contributed by atoms with van der Waals surface area (Å²) in [7, 11) is 0. The van der Waals surface area contributed by atoms with Gasteiger partial charge in [0.05, 0.1) is 11.4 Å². The third-order valence-electron chi connectivity index (χ3n) is 5.81. The lowest BCUT2D eigenvalue weighted by Gasteiger charge is -2.25. The first kappa shape index (κ1) is 22.1. The fourth-order valence-corrected chi connectivity index (χ4v) is 4.45. The Balaban J connectivity index is 1.57. The molecule has 1 atom stereocenters. The Bertz CT molecular complexity index is 1350. The Kier molecular flexibility index (Phi) is 6.27. The van der Waals surface area contributed by atoms with Crippen LogP contribution in [0, 0.1) is 0 Å². The van der Waals surface area contributed by atoms with E-state index in [9.17, 15) is 9.59 Å². The monoisotopic (exact) mass is 514 g/mol. The third kappa shape index (κ3) is 4.26. The number of hydrogen-bond donors (Lipinski definition) is 2. The Morgan fingerprint density at radius 1 is 1.00 bits per heavy atom. The lowest BCUT2D eigenvalue weighted by atomic mass is 10.0. The van der Waals surface area contributed by atoms with E-state index in [0.29, 0.717) is 18.0 Å². The number of H-pyrrole nitrogens is 1. The molecule has 34 heavy (non-hydrogen) atoms. The van der Waals surface area contributed by atoms with Crippen LogP contribution in [0.5, 0.6) is 0 Å². The van der Waals surface area contributed by atoms with Gasteiger partial charge in [0.25, 0.3) is 11.8 Å². The normalized spacial score (nSPS) is 15.6. The SMILES string of the molecule is O=C(N[C@H]1N=C(c2ccccc2)c2ccccc2N(CCCBr)C1=O)c1cc2ccccc2[nH]1. The minimum atomic E-state index is -1.06. The molecule has 3 aromatic carbocycles. The van der Waals surface area contributed by atoms with Crippen LogP contribution in [0.2, 0.25) is 0 Å². The molecule has 0 radical (unpaired) electrons. The van der Waals surface area contributed by atoms with Gasteiger partial charge in [0.2, 0.25) is 6.17 Å². The van der Waals surface area contributed by atoms with Crippen LogP contribution >= 0.6 is 15.9 Å². The quantitative estimate of drug-likeness (QED) is 0.359. The largest absolute Gasteiger partial charge is 0.351 e. The molecule has 1 aliphatic rings. The highest BCUT2D eigenvalue weighted by molar-refractivity contribution is 9.09. The maximum absolute atomic E-state index is 13.7. The van der Waals surface area contributed by atoms with Gasteiger partial charge in [0, 0.05) is 33.9 Å². The minimum Gasteiger partial charge on any atom is -0.351 e. The van der Waals surface area contributed by atoms with Crippen LogP contribution in [-0.2, 0) is 4.79 Å². The Hall–Kier alpha value is -3.71. The molecule has 5 rings (SSSR count). The Morgan fingerprint density at radius 3 is 2.53 bits per heavy atom. The summed E-state index contributed by atoms with van der Waals surface area (Å²) in [5.74, 6) is -0.638. The number of anilines is 1. The van der Waals surface area contributed by atoms with Crippen LogP contribution in [0.15, 0.2) is 89.9 Å². The van der Waals surface area contributed by atoms with Crippen LogP contribution in [0.1, 0.15) is 28.0 Å². The number of aromatic nitrogens is 1. The second-order valence-corrected chi connectivity index (χ2v) is 8.83. The van der Waals surface area contributed by atoms with Gasteiger partial charge in [-0.25, -0.2) is 4.99 Å². The molecule has 6 nitrogen and oxygen atoms in total. The molecule has 2 N–H and O–H groups in total. The van der Waals surface area contributed by atoms with E-state index in [1.54, 1.807) is 11.0 Å². The predicted molar refractivity (Wildman–Crippen MR) is 139 cm³/mol. The molecule has 1 aliphatic heterocycles. The lowest BCUT2D eigenvalue weighted by molar-refractivity contribution is -0.120. The van der Waals surface area contributed by atoms with Gasteiger partial charge in [0.1, 0.15) is 5.69 Å². The molecule has 0 aliphatic carbocycles. The lowest BCUT2D eigenvalue weighted by Crippen LogP contribution is -2.47. The summed E-state index contributed by atoms with van der Waals surface area (Å²) in [4.78, 5) is 36.6. The summed E-state index contributed by atoms with van der Waals surface area (Å²) in [5, 5.41) is 4.56. The summed E-state index contributed by atoms with van der Waals surface area (Å²) in [6.45, 7) is 0.511. The van der Waals surface area contributed by atoms with Gasteiger partial charge in [-0.15, -0.1) is 0 Å². The number of nitrogens with zero attached hydrogens (tertiary/aromatic N) is 2. The summed E-state index contributed by atoms with van der Waals surface area (Å²) in [6.07, 6.45) is -0.291. The number of alkyl halides is 1. The van der Waals surface area contributed by atoms with Crippen LogP contribution in [0.3, 0.4) is 0 Å². The van der Waals surface area contributed by atoms with E-state index in [1.165, 1.54) is 0 Å². The van der Waals surface area contributed by atoms with Crippen molar-refractivity contribution < 1.29 is 9.59 Å². The molecule has 0 unspecified atom stereocenters. The average Bonchev–Trinajstić information content (AvgIpc) is 3.28. The second kappa shape index (κ2) is 9.65. The number of carbonyl (C=O) groups excluding carboxylic acids is 2. The van der Waals surface area contributed by atoms with E-state index in [1.807, 2.05) is 78.9 Å². The number of halogens is 1. The summed E-state index contributed by atoms with van der Waals surface area (Å²) in [5.41, 5.74) is 4.46. The number of benzene rings is 3. The predicted octanol–water partition coefficient (Wildman–Crippen LogP) is 4.89. The van der Waals surface area contributed by atoms with Crippen LogP contribution < -0.4 is 10.2 Å². The van der Waals surface area contributed by atoms with Gasteiger partial charge >= 0.3 is 0 Å². The molecule has 2 heterocycles. The number of nitrogens with one attached hydrogen (secondary N) is 2. The fourth-order valence-electron chi connectivity index (χ4n) is 4.20. The highest BCUT2D eigenvalue weighted by atomic mass is 79.9. The van der Waals surface area contributed by atoms with Crippen molar-refractivity contribution in [1.29, 1.82) is 0 Å². The number of aromatic amines is 1. The van der Waals surface area contributed by atoms with E-state index < -0.39 is 6.17 Å². The highest BCUT2D eigenvalue weighted by Gasteiger charge is 2.33. The molecular weight excluding hydrogens is 492 g/mol. The van der Waals surface area contributed by atoms with E-state index in [0.717, 1.165) is 39.5 Å². The van der Waals surface area contributed by atoms with Gasteiger partial charge in [-0.2, -0.15) is 0 Å². The topological polar surface area (TPSA) is 77.6 Å². The van der Waals surface area contributed by atoms with Crippen molar-refractivity contribution in [2.45, 2.75) is 12.6 Å². The van der Waals surface area contributed by atoms with Crippen LogP contribution in [0.25, 0.3) is 10.9 Å². The smallest absolute Gasteiger partial charge is 0.272 e. The van der Waals surface area contributed by atoms with Crippen LogP contribution in [-0.4, -0.2) is 40.6 Å². The van der Waals surface area contributed by atoms with E-state index in [-0.39, 0.29) is 11.8 Å². The van der Waals surface area contributed by atoms with Gasteiger partial charge in [-0.1, -0.05) is 82.7 Å². The number of hydrogen-bond acceptors (Lipinski definition) is 3. The molecule has 170 valence electrons. The zero-order valence-corrected chi connectivity index (χ0v) is 20.0. The summed E-state index contributed by atoms with van der Waals surface area (Å²) < 4.78 is 0. The van der Waals surface area contributed by atoms with Crippen molar-refractivity contribution >= 4 is 50.0 Å². The highest BCUT2D eigenvalue weighted by Crippen LogP contribution is 2.28. The molecule has 1 aromatic heterocycles. The number of fused-ring (bicyclic) bond motifs is 2. The molecule has 0 saturated carbocycles. The summed E-state index contributed by atoms with van der Waals surface area (Å²) in [6, 6.07) is 27.0. The minimum absolute atomic E-state index is 0.260. The standard InChI is InChI=1S/C27H23BrN4O2/c28-15-8-16-32-23-14-7-5-12-20(23)24(18-9-2-1-3-10-18)30-25(27(32)34)31-26(33)22-17-19-11-4-6-13-21(19)29-22/h1-7,9-14,17,25,29H,8,15-16H2,(H,31,33)/t25-/m1/s1. The zero-order chi connectivity index (χ0) is 23.5. The molecule has 7 heteroatoms. The number of amides is 2. The molecule has 0 spiro atoms. The Morgan fingerprint density at radius 2 is 1.74 bits per heavy atom. The number of aliphatic imine (C=N–C) groups is 1. The first-order valence-corrected chi connectivity index (χ1v) is 12.3. The molecular formula is C27H23BrN4O2. The molecule has 4 aromatic rings. The number of rotatable bonds is 6. The van der Waals surface area contributed by atoms with Crippen molar-refractivity contribution in [2.75, 3.05) is 16.8 Å². The second-order valence-electron chi connectivity index (χ2n) is 8.04. The van der Waals surface area contributed by atoms with Crippen molar-refractivity contribution in [3.8, 4) is 0 Å². The van der Waals surface area contributed by atoms with Crippen LogP contribution in [0.4, 0.5) is 5.69 Å². The Labute approximate surface area is 205 Å². The molecule has 0 saturated heterocycles. The maximum atomic E-state index is 13.7. The number of carbonyl (C=O) groups is 2. The van der Waals surface area contributed by atoms with Gasteiger partial charge in [-0.3, -0.25) is 9.59 Å². The first-order valence-electron chi connectivity index (χ1n) is 11.1. The van der Waals surface area contributed by atoms with E-state index in [2.05, 4.69) is 26.2 Å². The maximum Gasteiger partial charge on any atom is 0.272 e. The fraction of sp³-hybridized carbons (Fsp3) is 0.148. The zero-order valence-electron chi connectivity index (χ0n) is 18.4. The molecule has 0 bridgehead atoms. The average molecular weight is 515 g/mol. The summed E-state index contributed by atoms with van der Waals surface area (Å²) >= 11 is 3.47. The molecule has 0 fully saturated rings. The van der Waals surface area contributed by atoms with Crippen molar-refractivity contribution in [1.82, 2.24) is 10.3 Å². The molecule has 2 amide bonds. The van der Waals surface area contributed by atoms with E-state index >= 15 is 0 Å². The third-order valence-corrected chi connectivity index (χ3v) is 6.37. The number of para-hydroxylation sites is 2. The van der Waals surface area contributed by atoms with Gasteiger partial charge in [0.15, 0.2) is 0 Å². The van der Waals surface area contributed by atoms with Crippen molar-refractivity contribution in [2.24, 2.45) is 4.99 Å².